The van der Waals surface area contributed by atoms with Crippen molar-refractivity contribution >= 4 is 27.0 Å². The predicted octanol–water partition coefficient (Wildman–Crippen LogP) is 6.16. The van der Waals surface area contributed by atoms with Gasteiger partial charge in [0.1, 0.15) is 5.82 Å². The van der Waals surface area contributed by atoms with Gasteiger partial charge < -0.3 is 9.88 Å². The van der Waals surface area contributed by atoms with Crippen molar-refractivity contribution in [2.24, 2.45) is 5.92 Å². The van der Waals surface area contributed by atoms with Gasteiger partial charge in [0, 0.05) is 16.9 Å². The zero-order chi connectivity index (χ0) is 20.0. The lowest BCUT2D eigenvalue weighted by Gasteiger charge is -2.31. The monoisotopic (exact) mass is 453 g/mol. The fraction of sp³-hybridized carbons (Fsp3) is 0.560. The third-order valence-corrected chi connectivity index (χ3v) is 7.85. The van der Waals surface area contributed by atoms with Gasteiger partial charge in [0.05, 0.1) is 11.0 Å². The molecule has 1 heterocycles. The lowest BCUT2D eigenvalue weighted by Crippen LogP contribution is -2.36. The number of halogens is 1. The zero-order valence-corrected chi connectivity index (χ0v) is 19.2. The molecule has 0 radical (unpaired) electrons. The molecule has 0 bridgehead atoms. The molecule has 1 N–H and O–H groups in total. The normalized spacial score (nSPS) is 29.6. The van der Waals surface area contributed by atoms with Crippen molar-refractivity contribution in [2.45, 2.75) is 75.7 Å². The van der Waals surface area contributed by atoms with E-state index in [4.69, 9.17) is 4.98 Å². The van der Waals surface area contributed by atoms with Crippen LogP contribution >= 0.6 is 15.9 Å². The molecular weight excluding hydrogens is 422 g/mol. The van der Waals surface area contributed by atoms with E-state index in [2.05, 4.69) is 70.0 Å². The van der Waals surface area contributed by atoms with Crippen LogP contribution in [-0.4, -0.2) is 27.0 Å². The number of allylic oxidation sites excluding steroid dienone is 4. The van der Waals surface area contributed by atoms with Crippen molar-refractivity contribution < 1.29 is 0 Å². The fourth-order valence-corrected chi connectivity index (χ4v) is 6.28. The Kier molecular flexibility index (Phi) is 5.42. The van der Waals surface area contributed by atoms with Crippen LogP contribution in [0.3, 0.4) is 0 Å². The van der Waals surface area contributed by atoms with E-state index in [0.29, 0.717) is 16.9 Å². The fourth-order valence-electron chi connectivity index (χ4n) is 5.74. The van der Waals surface area contributed by atoms with E-state index in [1.54, 1.807) is 11.1 Å². The van der Waals surface area contributed by atoms with Crippen LogP contribution in [0.2, 0.25) is 0 Å². The standard InChI is InChI=1S/C25H32BrN3/c1-16-3-10-25-24(11-16)28-17(2)29(25)23-8-6-22(7-9-23)27-15-18-12-19-4-5-21(26)14-20(19)13-18/h3-5,10-11,18,21-23,27H,6-9,12-15H2,1-2H3/t18-,21?,22-,23+/m0/s1. The molecular formula is C25H32BrN3. The summed E-state index contributed by atoms with van der Waals surface area (Å²) in [5.41, 5.74) is 7.07. The summed E-state index contributed by atoms with van der Waals surface area (Å²) in [7, 11) is 0. The van der Waals surface area contributed by atoms with Crippen molar-refractivity contribution in [3.8, 4) is 0 Å². The number of imidazole rings is 1. The molecule has 3 aliphatic rings. The Balaban J connectivity index is 1.15. The van der Waals surface area contributed by atoms with Crippen molar-refractivity contribution in [3.63, 3.8) is 0 Å². The van der Waals surface area contributed by atoms with Gasteiger partial charge in [-0.05, 0) is 94.5 Å². The van der Waals surface area contributed by atoms with Gasteiger partial charge in [0.2, 0.25) is 0 Å². The minimum atomic E-state index is 0.551. The molecule has 3 aliphatic carbocycles. The van der Waals surface area contributed by atoms with Crippen LogP contribution < -0.4 is 5.32 Å². The Morgan fingerprint density at radius 1 is 1.10 bits per heavy atom. The Bertz CT molecular complexity index is 962. The number of nitrogens with zero attached hydrogens (tertiary/aromatic N) is 2. The first kappa shape index (κ1) is 19.6. The second-order valence-corrected chi connectivity index (χ2v) is 10.6. The lowest BCUT2D eigenvalue weighted by atomic mass is 9.90. The summed E-state index contributed by atoms with van der Waals surface area (Å²) in [6.45, 7) is 5.49. The lowest BCUT2D eigenvalue weighted by molar-refractivity contribution is 0.283. The molecule has 1 aromatic heterocycles. The number of nitrogens with one attached hydrogen (secondary N) is 1. The Hall–Kier alpha value is -1.39. The number of hydrogen-bond acceptors (Lipinski definition) is 2. The highest BCUT2D eigenvalue weighted by Crippen LogP contribution is 2.39. The molecule has 0 amide bonds. The summed E-state index contributed by atoms with van der Waals surface area (Å²) in [5, 5.41) is 3.92. The van der Waals surface area contributed by atoms with E-state index in [9.17, 15) is 0 Å². The number of fused-ring (bicyclic) bond motifs is 1. The van der Waals surface area contributed by atoms with E-state index in [1.807, 2.05) is 0 Å². The third-order valence-electron chi connectivity index (χ3n) is 7.22. The van der Waals surface area contributed by atoms with Crippen LogP contribution in [0.15, 0.2) is 41.5 Å². The van der Waals surface area contributed by atoms with Crippen molar-refractivity contribution in [2.75, 3.05) is 6.54 Å². The average molecular weight is 454 g/mol. The molecule has 29 heavy (non-hydrogen) atoms. The van der Waals surface area contributed by atoms with Gasteiger partial charge in [-0.15, -0.1) is 0 Å². The molecule has 1 fully saturated rings. The zero-order valence-electron chi connectivity index (χ0n) is 17.6. The van der Waals surface area contributed by atoms with E-state index in [0.717, 1.165) is 11.4 Å². The third kappa shape index (κ3) is 3.98. The predicted molar refractivity (Wildman–Crippen MR) is 125 cm³/mol. The Morgan fingerprint density at radius 3 is 2.76 bits per heavy atom. The number of rotatable bonds is 4. The second-order valence-electron chi connectivity index (χ2n) is 9.42. The van der Waals surface area contributed by atoms with E-state index in [1.165, 1.54) is 68.4 Å². The van der Waals surface area contributed by atoms with Gasteiger partial charge in [-0.1, -0.05) is 39.7 Å². The highest BCUT2D eigenvalue weighted by molar-refractivity contribution is 9.09. The molecule has 5 rings (SSSR count). The van der Waals surface area contributed by atoms with Gasteiger partial charge in [0.25, 0.3) is 0 Å². The minimum Gasteiger partial charge on any atom is -0.325 e. The summed E-state index contributed by atoms with van der Waals surface area (Å²) in [4.78, 5) is 5.38. The average Bonchev–Trinajstić information content (AvgIpc) is 3.25. The van der Waals surface area contributed by atoms with Crippen LogP contribution in [0, 0.1) is 19.8 Å². The van der Waals surface area contributed by atoms with Gasteiger partial charge in [-0.3, -0.25) is 0 Å². The molecule has 0 spiro atoms. The Labute approximate surface area is 182 Å². The molecule has 4 heteroatoms. The van der Waals surface area contributed by atoms with Crippen LogP contribution in [0.4, 0.5) is 0 Å². The number of hydrogen-bond donors (Lipinski definition) is 1. The highest BCUT2D eigenvalue weighted by Gasteiger charge is 2.28. The number of aryl methyl sites for hydroxylation is 2. The second kappa shape index (κ2) is 8.03. The van der Waals surface area contributed by atoms with Crippen LogP contribution in [-0.2, 0) is 0 Å². The van der Waals surface area contributed by atoms with Crippen LogP contribution in [0.25, 0.3) is 11.0 Å². The number of benzene rings is 1. The molecule has 0 saturated heterocycles. The van der Waals surface area contributed by atoms with Gasteiger partial charge in [-0.2, -0.15) is 0 Å². The molecule has 154 valence electrons. The highest BCUT2D eigenvalue weighted by atomic mass is 79.9. The maximum atomic E-state index is 4.83. The topological polar surface area (TPSA) is 29.9 Å². The van der Waals surface area contributed by atoms with Gasteiger partial charge >= 0.3 is 0 Å². The summed E-state index contributed by atoms with van der Waals surface area (Å²) in [5.74, 6) is 1.96. The van der Waals surface area contributed by atoms with Crippen molar-refractivity contribution in [3.05, 3.63) is 52.9 Å². The maximum absolute atomic E-state index is 4.83. The first-order valence-corrected chi connectivity index (χ1v) is 12.2. The molecule has 1 aromatic carbocycles. The van der Waals surface area contributed by atoms with E-state index in [-0.39, 0.29) is 0 Å². The smallest absolute Gasteiger partial charge is 0.106 e. The van der Waals surface area contributed by atoms with Crippen LogP contribution in [0.5, 0.6) is 0 Å². The number of aromatic nitrogens is 2. The van der Waals surface area contributed by atoms with E-state index >= 15 is 0 Å². The molecule has 1 saturated carbocycles. The molecule has 2 atom stereocenters. The SMILES string of the molecule is Cc1ccc2c(c1)nc(C)n2[C@H]1CC[C@@H](NC[C@H]2CC3=C(CC(Br)C=C3)C2)CC1. The van der Waals surface area contributed by atoms with Crippen molar-refractivity contribution in [1.29, 1.82) is 0 Å². The first-order valence-electron chi connectivity index (χ1n) is 11.3. The Morgan fingerprint density at radius 2 is 1.93 bits per heavy atom. The van der Waals surface area contributed by atoms with Crippen molar-refractivity contribution in [1.82, 2.24) is 14.9 Å². The van der Waals surface area contributed by atoms with Gasteiger partial charge in [-0.25, -0.2) is 4.98 Å². The molecule has 0 aliphatic heterocycles. The molecule has 2 aromatic rings. The first-order chi connectivity index (χ1) is 14.1. The summed E-state index contributed by atoms with van der Waals surface area (Å²) in [6.07, 6.45) is 13.5. The minimum absolute atomic E-state index is 0.551. The summed E-state index contributed by atoms with van der Waals surface area (Å²) in [6, 6.07) is 7.97. The number of alkyl halides is 1. The summed E-state index contributed by atoms with van der Waals surface area (Å²) < 4.78 is 2.50. The largest absolute Gasteiger partial charge is 0.325 e. The van der Waals surface area contributed by atoms with Crippen LogP contribution in [0.1, 0.15) is 62.4 Å². The van der Waals surface area contributed by atoms with Gasteiger partial charge in [0.15, 0.2) is 0 Å². The quantitative estimate of drug-likeness (QED) is 0.561. The maximum Gasteiger partial charge on any atom is 0.106 e. The molecule has 3 nitrogen and oxygen atoms in total. The van der Waals surface area contributed by atoms with E-state index < -0.39 is 0 Å². The summed E-state index contributed by atoms with van der Waals surface area (Å²) >= 11 is 3.75. The molecule has 1 unspecified atom stereocenters.